The smallest absolute Gasteiger partial charge is 0.244 e. The van der Waals surface area contributed by atoms with Crippen molar-refractivity contribution >= 4 is 11.6 Å². The molecule has 0 aliphatic heterocycles. The topological polar surface area (TPSA) is 88.0 Å². The largest absolute Gasteiger partial charge is 0.366 e. The van der Waals surface area contributed by atoms with Crippen molar-refractivity contribution < 1.29 is 4.79 Å². The SMILES string of the molecule is NC1(C(=O)Nc2c[nH]ccc2=O)CC1. The summed E-state index contributed by atoms with van der Waals surface area (Å²) in [6.07, 6.45) is 4.33. The van der Waals surface area contributed by atoms with Gasteiger partial charge in [-0.15, -0.1) is 0 Å². The molecule has 0 unspecified atom stereocenters. The zero-order chi connectivity index (χ0) is 10.2. The van der Waals surface area contributed by atoms with Gasteiger partial charge >= 0.3 is 0 Å². The van der Waals surface area contributed by atoms with Crippen molar-refractivity contribution in [2.75, 3.05) is 5.32 Å². The molecule has 1 aromatic rings. The number of anilines is 1. The molecule has 1 aromatic heterocycles. The Morgan fingerprint density at radius 2 is 2.29 bits per heavy atom. The van der Waals surface area contributed by atoms with E-state index in [2.05, 4.69) is 10.3 Å². The van der Waals surface area contributed by atoms with E-state index in [0.29, 0.717) is 12.8 Å². The summed E-state index contributed by atoms with van der Waals surface area (Å²) in [4.78, 5) is 25.4. The van der Waals surface area contributed by atoms with Crippen LogP contribution < -0.4 is 16.5 Å². The van der Waals surface area contributed by atoms with E-state index in [1.807, 2.05) is 0 Å². The minimum Gasteiger partial charge on any atom is -0.366 e. The Bertz CT molecular complexity index is 420. The number of aromatic nitrogens is 1. The van der Waals surface area contributed by atoms with Crippen molar-refractivity contribution in [3.63, 3.8) is 0 Å². The number of hydrogen-bond donors (Lipinski definition) is 3. The van der Waals surface area contributed by atoms with Crippen LogP contribution in [0.5, 0.6) is 0 Å². The Labute approximate surface area is 80.3 Å². The first kappa shape index (κ1) is 8.96. The van der Waals surface area contributed by atoms with Gasteiger partial charge in [-0.05, 0) is 12.8 Å². The molecule has 0 saturated heterocycles. The van der Waals surface area contributed by atoms with Gasteiger partial charge in [0.25, 0.3) is 0 Å². The summed E-state index contributed by atoms with van der Waals surface area (Å²) in [5, 5.41) is 2.50. The van der Waals surface area contributed by atoms with E-state index < -0.39 is 5.54 Å². The van der Waals surface area contributed by atoms with Gasteiger partial charge in [-0.2, -0.15) is 0 Å². The fourth-order valence-electron chi connectivity index (χ4n) is 1.12. The third-order valence-electron chi connectivity index (χ3n) is 2.31. The fraction of sp³-hybridized carbons (Fsp3) is 0.333. The van der Waals surface area contributed by atoms with Gasteiger partial charge in [0.05, 0.1) is 5.54 Å². The Balaban J connectivity index is 2.15. The maximum absolute atomic E-state index is 11.5. The number of pyridine rings is 1. The van der Waals surface area contributed by atoms with Gasteiger partial charge in [0.2, 0.25) is 11.3 Å². The second kappa shape index (κ2) is 2.95. The van der Waals surface area contributed by atoms with E-state index in [-0.39, 0.29) is 17.0 Å². The molecule has 2 rings (SSSR count). The van der Waals surface area contributed by atoms with Crippen LogP contribution in [-0.2, 0) is 4.79 Å². The molecule has 0 radical (unpaired) electrons. The number of nitrogens with two attached hydrogens (primary N) is 1. The number of carbonyl (C=O) groups is 1. The molecule has 5 heteroatoms. The van der Waals surface area contributed by atoms with Gasteiger partial charge in [0, 0.05) is 18.5 Å². The predicted octanol–water partition coefficient (Wildman–Crippen LogP) is -0.195. The number of rotatable bonds is 2. The van der Waals surface area contributed by atoms with Crippen LogP contribution in [0.15, 0.2) is 23.3 Å². The Kier molecular flexibility index (Phi) is 1.89. The van der Waals surface area contributed by atoms with E-state index in [0.717, 1.165) is 0 Å². The van der Waals surface area contributed by atoms with Crippen LogP contribution in [0.2, 0.25) is 0 Å². The van der Waals surface area contributed by atoms with Crippen molar-refractivity contribution in [1.82, 2.24) is 4.98 Å². The van der Waals surface area contributed by atoms with Crippen molar-refractivity contribution in [2.45, 2.75) is 18.4 Å². The summed E-state index contributed by atoms with van der Waals surface area (Å²) in [5.74, 6) is -0.283. The number of nitrogens with one attached hydrogen (secondary N) is 2. The zero-order valence-electron chi connectivity index (χ0n) is 7.54. The number of carbonyl (C=O) groups excluding carboxylic acids is 1. The number of aromatic amines is 1. The van der Waals surface area contributed by atoms with Gasteiger partial charge in [0.1, 0.15) is 5.69 Å². The maximum atomic E-state index is 11.5. The molecule has 0 spiro atoms. The molecule has 0 atom stereocenters. The lowest BCUT2D eigenvalue weighted by molar-refractivity contribution is -0.118. The van der Waals surface area contributed by atoms with Crippen LogP contribution in [0.4, 0.5) is 5.69 Å². The average molecular weight is 193 g/mol. The molecule has 1 aliphatic carbocycles. The van der Waals surface area contributed by atoms with Gasteiger partial charge in [0.15, 0.2) is 0 Å². The average Bonchev–Trinajstić information content (AvgIpc) is 2.89. The molecule has 5 nitrogen and oxygen atoms in total. The minimum atomic E-state index is -0.748. The van der Waals surface area contributed by atoms with Crippen LogP contribution in [0.25, 0.3) is 0 Å². The van der Waals surface area contributed by atoms with E-state index in [9.17, 15) is 9.59 Å². The third kappa shape index (κ3) is 1.54. The lowest BCUT2D eigenvalue weighted by atomic mass is 10.2. The minimum absolute atomic E-state index is 0.221. The van der Waals surface area contributed by atoms with E-state index >= 15 is 0 Å². The molecule has 1 saturated carbocycles. The van der Waals surface area contributed by atoms with Gasteiger partial charge in [-0.25, -0.2) is 0 Å². The van der Waals surface area contributed by atoms with Gasteiger partial charge < -0.3 is 16.0 Å². The highest BCUT2D eigenvalue weighted by Gasteiger charge is 2.46. The Hall–Kier alpha value is -1.62. The number of H-pyrrole nitrogens is 1. The van der Waals surface area contributed by atoms with Gasteiger partial charge in [-0.1, -0.05) is 0 Å². The van der Waals surface area contributed by atoms with E-state index in [1.54, 1.807) is 0 Å². The third-order valence-corrected chi connectivity index (χ3v) is 2.31. The summed E-state index contributed by atoms with van der Waals surface area (Å²) in [6, 6.07) is 1.35. The Morgan fingerprint density at radius 3 is 2.86 bits per heavy atom. The first-order valence-electron chi connectivity index (χ1n) is 4.39. The predicted molar refractivity (Wildman–Crippen MR) is 51.8 cm³/mol. The summed E-state index contributed by atoms with van der Waals surface area (Å²) in [7, 11) is 0. The highest BCUT2D eigenvalue weighted by atomic mass is 16.2. The van der Waals surface area contributed by atoms with Crippen LogP contribution in [0.3, 0.4) is 0 Å². The highest BCUT2D eigenvalue weighted by molar-refractivity contribution is 5.99. The normalized spacial score (nSPS) is 17.5. The van der Waals surface area contributed by atoms with Crippen LogP contribution in [0, 0.1) is 0 Å². The first-order chi connectivity index (χ1) is 6.62. The summed E-state index contributed by atoms with van der Waals surface area (Å²) < 4.78 is 0. The van der Waals surface area contributed by atoms with E-state index in [1.165, 1.54) is 18.5 Å². The molecular weight excluding hydrogens is 182 g/mol. The number of amides is 1. The number of hydrogen-bond acceptors (Lipinski definition) is 3. The molecule has 74 valence electrons. The molecule has 1 amide bonds. The molecule has 4 N–H and O–H groups in total. The van der Waals surface area contributed by atoms with Crippen molar-refractivity contribution in [1.29, 1.82) is 0 Å². The van der Waals surface area contributed by atoms with Crippen molar-refractivity contribution in [2.24, 2.45) is 5.73 Å². The van der Waals surface area contributed by atoms with Crippen LogP contribution in [-0.4, -0.2) is 16.4 Å². The quantitative estimate of drug-likeness (QED) is 0.608. The Morgan fingerprint density at radius 1 is 1.57 bits per heavy atom. The van der Waals surface area contributed by atoms with Crippen LogP contribution >= 0.6 is 0 Å². The molecule has 0 bridgehead atoms. The summed E-state index contributed by atoms with van der Waals surface area (Å²) >= 11 is 0. The second-order valence-electron chi connectivity index (χ2n) is 3.53. The summed E-state index contributed by atoms with van der Waals surface area (Å²) in [5.41, 5.74) is 4.94. The fourth-order valence-corrected chi connectivity index (χ4v) is 1.12. The molecule has 14 heavy (non-hydrogen) atoms. The molecule has 1 aliphatic rings. The van der Waals surface area contributed by atoms with Crippen molar-refractivity contribution in [3.05, 3.63) is 28.7 Å². The maximum Gasteiger partial charge on any atom is 0.244 e. The molecule has 0 aromatic carbocycles. The lowest BCUT2D eigenvalue weighted by Crippen LogP contribution is -2.38. The lowest BCUT2D eigenvalue weighted by Gasteiger charge is -2.08. The second-order valence-corrected chi connectivity index (χ2v) is 3.53. The highest BCUT2D eigenvalue weighted by Crippen LogP contribution is 2.32. The van der Waals surface area contributed by atoms with Crippen LogP contribution in [0.1, 0.15) is 12.8 Å². The van der Waals surface area contributed by atoms with E-state index in [4.69, 9.17) is 5.73 Å². The van der Waals surface area contributed by atoms with Gasteiger partial charge in [-0.3, -0.25) is 9.59 Å². The monoisotopic (exact) mass is 193 g/mol. The summed E-state index contributed by atoms with van der Waals surface area (Å²) in [6.45, 7) is 0. The molecule has 1 fully saturated rings. The molecule has 1 heterocycles. The molecular formula is C9H11N3O2. The first-order valence-corrected chi connectivity index (χ1v) is 4.39. The van der Waals surface area contributed by atoms with Crippen molar-refractivity contribution in [3.8, 4) is 0 Å². The standard InChI is InChI=1S/C9H11N3O2/c10-9(2-3-9)8(14)12-6-5-11-4-1-7(6)13/h1,4-5H,2-3,10H2,(H,11,13)(H,12,14). The zero-order valence-corrected chi connectivity index (χ0v) is 7.54.